The maximum absolute atomic E-state index is 10.9. The van der Waals surface area contributed by atoms with Gasteiger partial charge >= 0.3 is 336 Å². The molecule has 0 fully saturated rings. The van der Waals surface area contributed by atoms with Crippen LogP contribution in [0.1, 0.15) is 387 Å². The second kappa shape index (κ2) is 56.1. The van der Waals surface area contributed by atoms with Crippen molar-refractivity contribution in [3.05, 3.63) is 0 Å². The fraction of sp³-hybridized carbons (Fsp3) is 1.00. The molecule has 416 valence electrons. The molecule has 0 spiro atoms. The molecule has 69 heavy (non-hydrogen) atoms. The van der Waals surface area contributed by atoms with Crippen molar-refractivity contribution in [2.24, 2.45) is 0 Å². The summed E-state index contributed by atoms with van der Waals surface area (Å²) in [5, 5.41) is 21.8. The van der Waals surface area contributed by atoms with Crippen LogP contribution in [0, 0.1) is 0 Å². The van der Waals surface area contributed by atoms with Crippen LogP contribution in [-0.2, 0) is 4.44 Å². The Kier molecular flexibility index (Phi) is 56.4. The first-order valence-electron chi connectivity index (χ1n) is 33.0. The first-order chi connectivity index (χ1) is 34.0. The van der Waals surface area contributed by atoms with Crippen LogP contribution < -0.4 is 0 Å². The molecule has 0 aliphatic heterocycles. The van der Waals surface area contributed by atoms with Crippen molar-refractivity contribution >= 4 is 14.2 Å². The third kappa shape index (κ3) is 49.0. The standard InChI is InChI=1S/C64H134BO3P/c1-5-9-13-17-21-25-29-33-37-41-45-49-53-57-61-69(68-65(66)67,62-58-54-50-46-42-38-34-30-26-22-18-14-10-6-2,63-59-55-51-47-43-39-35-31-27-23-19-15-11-7-3)64-60-56-52-48-44-40-36-32-28-24-20-16-12-8-4/h66-67H,5-64H2,1-4H3. The van der Waals surface area contributed by atoms with Gasteiger partial charge in [-0.1, -0.05) is 105 Å². The summed E-state index contributed by atoms with van der Waals surface area (Å²) in [6, 6.07) is 0. The summed E-state index contributed by atoms with van der Waals surface area (Å²) in [4.78, 5) is 0. The van der Waals surface area contributed by atoms with Crippen molar-refractivity contribution in [1.82, 2.24) is 0 Å². The molecular formula is C64H134BO3P. The van der Waals surface area contributed by atoms with Crippen LogP contribution in [0.5, 0.6) is 0 Å². The quantitative estimate of drug-likeness (QED) is 0.0363. The van der Waals surface area contributed by atoms with Crippen molar-refractivity contribution in [2.45, 2.75) is 387 Å². The topological polar surface area (TPSA) is 49.7 Å². The van der Waals surface area contributed by atoms with Crippen molar-refractivity contribution < 1.29 is 14.5 Å². The predicted molar refractivity (Wildman–Crippen MR) is 319 cm³/mol. The summed E-state index contributed by atoms with van der Waals surface area (Å²) in [6.45, 7) is 6.42. The maximum atomic E-state index is 10.9. The predicted octanol–water partition coefficient (Wildman–Crippen LogP) is 23.4. The van der Waals surface area contributed by atoms with Crippen LogP contribution in [0.2, 0.25) is 0 Å². The first kappa shape index (κ1) is 69.4. The zero-order valence-electron chi connectivity index (χ0n) is 48.8. The Hall–Kier alpha value is 0.375. The molecular weight excluding hydrogens is 858 g/mol. The molecule has 0 heterocycles. The van der Waals surface area contributed by atoms with Gasteiger partial charge in [0, 0.05) is 0 Å². The van der Waals surface area contributed by atoms with Gasteiger partial charge in [0.15, 0.2) is 0 Å². The van der Waals surface area contributed by atoms with Crippen molar-refractivity contribution in [2.75, 3.05) is 24.6 Å². The molecule has 0 atom stereocenters. The van der Waals surface area contributed by atoms with E-state index in [1.54, 1.807) is 0 Å². The van der Waals surface area contributed by atoms with Gasteiger partial charge in [0.05, 0.1) is 0 Å². The van der Waals surface area contributed by atoms with Crippen molar-refractivity contribution in [3.8, 4) is 0 Å². The second-order valence-corrected chi connectivity index (χ2v) is 29.3. The Bertz CT molecular complexity index is 806. The van der Waals surface area contributed by atoms with Gasteiger partial charge in [-0.25, -0.2) is 0 Å². The molecule has 5 heteroatoms. The first-order valence-corrected chi connectivity index (χ1v) is 35.9. The number of rotatable bonds is 62. The molecule has 2 N–H and O–H groups in total. The Morgan fingerprint density at radius 3 is 0.435 bits per heavy atom. The molecule has 0 radical (unpaired) electrons. The molecule has 0 saturated carbocycles. The Labute approximate surface area is 438 Å². The molecule has 0 unspecified atom stereocenters. The minimum absolute atomic E-state index is 1.14. The molecule has 0 amide bonds. The fourth-order valence-electron chi connectivity index (χ4n) is 12.0. The molecule has 0 aromatic carbocycles. The molecule has 3 nitrogen and oxygen atoms in total. The van der Waals surface area contributed by atoms with Gasteiger partial charge in [0.1, 0.15) is 0 Å². The van der Waals surface area contributed by atoms with E-state index in [2.05, 4.69) is 27.7 Å². The monoisotopic (exact) mass is 993 g/mol. The van der Waals surface area contributed by atoms with Crippen LogP contribution in [-0.4, -0.2) is 42.0 Å². The van der Waals surface area contributed by atoms with E-state index in [1.807, 2.05) is 0 Å². The third-order valence-corrected chi connectivity index (χ3v) is 23.3. The second-order valence-electron chi connectivity index (χ2n) is 23.6. The van der Waals surface area contributed by atoms with Crippen molar-refractivity contribution in [1.29, 1.82) is 0 Å². The molecule has 0 aromatic rings. The minimum atomic E-state index is -2.83. The van der Waals surface area contributed by atoms with Crippen LogP contribution in [0.3, 0.4) is 0 Å². The van der Waals surface area contributed by atoms with Gasteiger partial charge in [-0.2, -0.15) is 0 Å². The molecule has 0 aromatic heterocycles. The van der Waals surface area contributed by atoms with E-state index in [-0.39, 0.29) is 0 Å². The molecule has 0 aliphatic carbocycles. The van der Waals surface area contributed by atoms with Gasteiger partial charge in [0.25, 0.3) is 0 Å². The normalized spacial score (nSPS) is 12.6. The summed E-state index contributed by atoms with van der Waals surface area (Å²) >= 11 is 0. The van der Waals surface area contributed by atoms with E-state index < -0.39 is 14.2 Å². The summed E-state index contributed by atoms with van der Waals surface area (Å²) in [7, 11) is -1.63. The van der Waals surface area contributed by atoms with E-state index >= 15 is 0 Å². The average Bonchev–Trinajstić information content (AvgIpc) is 3.34. The van der Waals surface area contributed by atoms with Crippen LogP contribution in [0.15, 0.2) is 0 Å². The van der Waals surface area contributed by atoms with Gasteiger partial charge in [0.2, 0.25) is 0 Å². The number of hydrogen-bond donors (Lipinski definition) is 2. The Morgan fingerprint density at radius 2 is 0.319 bits per heavy atom. The molecule has 0 rings (SSSR count). The Balaban J connectivity index is 5.45. The van der Waals surface area contributed by atoms with Crippen molar-refractivity contribution in [3.63, 3.8) is 0 Å². The van der Waals surface area contributed by atoms with E-state index in [1.165, 1.54) is 360 Å². The average molecular weight is 994 g/mol. The van der Waals surface area contributed by atoms with E-state index in [9.17, 15) is 10.0 Å². The third-order valence-electron chi connectivity index (χ3n) is 16.7. The van der Waals surface area contributed by atoms with E-state index in [0.717, 1.165) is 24.6 Å². The molecule has 0 bridgehead atoms. The van der Waals surface area contributed by atoms with Crippen LogP contribution in [0.25, 0.3) is 0 Å². The SMILES string of the molecule is CCCCCCCCCCCCCCCCP(CCCCCCCCCCCCCCCC)(CCCCCCCCCCCCCCCC)(CCCCCCCCCCCCCCCC)OB(O)O. The van der Waals surface area contributed by atoms with Gasteiger partial charge in [-0.05, 0) is 0 Å². The molecule has 0 aliphatic rings. The van der Waals surface area contributed by atoms with Gasteiger partial charge < -0.3 is 0 Å². The van der Waals surface area contributed by atoms with Gasteiger partial charge in [-0.15, -0.1) is 0 Å². The number of unbranched alkanes of at least 4 members (excludes halogenated alkanes) is 52. The number of hydrogen-bond acceptors (Lipinski definition) is 3. The summed E-state index contributed by atoms with van der Waals surface area (Å²) < 4.78 is 6.92. The van der Waals surface area contributed by atoms with Crippen LogP contribution >= 0.6 is 6.83 Å². The Morgan fingerprint density at radius 1 is 0.203 bits per heavy atom. The molecule has 0 saturated heterocycles. The summed E-state index contributed by atoms with van der Waals surface area (Å²) in [6.07, 6.45) is 82.0. The van der Waals surface area contributed by atoms with E-state index in [4.69, 9.17) is 4.44 Å². The zero-order valence-corrected chi connectivity index (χ0v) is 49.6. The van der Waals surface area contributed by atoms with Crippen LogP contribution in [0.4, 0.5) is 0 Å². The summed E-state index contributed by atoms with van der Waals surface area (Å²) in [5.74, 6) is 0. The van der Waals surface area contributed by atoms with E-state index in [0.29, 0.717) is 0 Å². The summed E-state index contributed by atoms with van der Waals surface area (Å²) in [5.41, 5.74) is 0. The van der Waals surface area contributed by atoms with Gasteiger partial charge in [-0.3, -0.25) is 0 Å². The fourth-order valence-corrected chi connectivity index (χ4v) is 18.4. The zero-order chi connectivity index (χ0) is 50.2.